The molecular weight excluding hydrogens is 440 g/mol. The van der Waals surface area contributed by atoms with E-state index in [0.717, 1.165) is 5.56 Å². The first-order valence-corrected chi connectivity index (χ1v) is 10.8. The molecule has 1 atom stereocenters. The summed E-state index contributed by atoms with van der Waals surface area (Å²) in [5.41, 5.74) is 7.31. The summed E-state index contributed by atoms with van der Waals surface area (Å²) in [6, 6.07) is 10.5. The van der Waals surface area contributed by atoms with Crippen molar-refractivity contribution in [3.05, 3.63) is 64.7 Å². The van der Waals surface area contributed by atoms with Gasteiger partial charge in [-0.15, -0.1) is 0 Å². The van der Waals surface area contributed by atoms with Crippen molar-refractivity contribution in [3.8, 4) is 5.75 Å². The van der Waals surface area contributed by atoms with Gasteiger partial charge in [-0.25, -0.2) is 4.79 Å². The van der Waals surface area contributed by atoms with Crippen LogP contribution in [0.2, 0.25) is 0 Å². The number of aryl methyl sites for hydroxylation is 1. The molecule has 0 aliphatic rings. The number of carboxylic acids is 1. The summed E-state index contributed by atoms with van der Waals surface area (Å²) in [7, 11) is 1.57. The maximum absolute atomic E-state index is 12.6. The fourth-order valence-electron chi connectivity index (χ4n) is 3.13. The van der Waals surface area contributed by atoms with Crippen LogP contribution in [0.1, 0.15) is 44.7 Å². The van der Waals surface area contributed by atoms with E-state index in [1.54, 1.807) is 20.1 Å². The zero-order valence-electron chi connectivity index (χ0n) is 19.2. The van der Waals surface area contributed by atoms with Gasteiger partial charge < -0.3 is 31.5 Å². The van der Waals surface area contributed by atoms with Gasteiger partial charge in [-0.3, -0.25) is 14.4 Å². The minimum absolute atomic E-state index is 0.178. The van der Waals surface area contributed by atoms with Gasteiger partial charge in [0.1, 0.15) is 11.8 Å². The Morgan fingerprint density at radius 1 is 1.06 bits per heavy atom. The molecule has 2 aromatic carbocycles. The van der Waals surface area contributed by atoms with Crippen LogP contribution in [0.4, 0.5) is 0 Å². The lowest BCUT2D eigenvalue weighted by Gasteiger charge is -2.16. The number of amides is 3. The first kappa shape index (κ1) is 26.3. The smallest absolute Gasteiger partial charge is 0.328 e. The van der Waals surface area contributed by atoms with Gasteiger partial charge in [0.25, 0.3) is 11.8 Å². The number of ether oxygens (including phenoxy) is 1. The highest BCUT2D eigenvalue weighted by Gasteiger charge is 2.22. The van der Waals surface area contributed by atoms with E-state index in [0.29, 0.717) is 36.4 Å². The Bertz CT molecular complexity index is 1040. The van der Waals surface area contributed by atoms with E-state index >= 15 is 0 Å². The molecule has 0 aromatic heterocycles. The molecular formula is C24H30N4O6. The molecule has 0 heterocycles. The third kappa shape index (κ3) is 7.89. The van der Waals surface area contributed by atoms with Crippen LogP contribution in [0, 0.1) is 6.92 Å². The number of benzene rings is 2. The average Bonchev–Trinajstić information content (AvgIpc) is 2.83. The van der Waals surface area contributed by atoms with E-state index in [4.69, 9.17) is 10.5 Å². The second kappa shape index (κ2) is 12.9. The SMILES string of the molecule is COc1cccc(CNC(=O)c2ccc(C(=O)NC(CNC(=O)CCCN)C(=O)O)c(C)c2)c1. The number of nitrogens with two attached hydrogens (primary N) is 1. The zero-order chi connectivity index (χ0) is 25.1. The Labute approximate surface area is 197 Å². The van der Waals surface area contributed by atoms with Crippen LogP contribution < -0.4 is 26.4 Å². The van der Waals surface area contributed by atoms with E-state index in [9.17, 15) is 24.3 Å². The standard InChI is InChI=1S/C24H30N4O6/c1-15-11-17(22(30)27-13-16-5-3-6-18(12-16)34-2)8-9-19(15)23(31)28-20(24(32)33)14-26-21(29)7-4-10-25/h3,5-6,8-9,11-12,20H,4,7,10,13-14,25H2,1-2H3,(H,26,29)(H,27,30)(H,28,31)(H,32,33). The van der Waals surface area contributed by atoms with Crippen molar-refractivity contribution >= 4 is 23.7 Å². The molecule has 0 aliphatic carbocycles. The third-order valence-corrected chi connectivity index (χ3v) is 5.04. The molecule has 0 saturated heterocycles. The Morgan fingerprint density at radius 3 is 2.47 bits per heavy atom. The molecule has 3 amide bonds. The highest BCUT2D eigenvalue weighted by molar-refractivity contribution is 6.00. The molecule has 10 heteroatoms. The summed E-state index contributed by atoms with van der Waals surface area (Å²) in [5.74, 6) is -1.87. The fourth-order valence-corrected chi connectivity index (χ4v) is 3.13. The lowest BCUT2D eigenvalue weighted by Crippen LogP contribution is -2.48. The van der Waals surface area contributed by atoms with Crippen LogP contribution in [0.15, 0.2) is 42.5 Å². The average molecular weight is 471 g/mol. The Kier molecular flexibility index (Phi) is 10.0. The maximum Gasteiger partial charge on any atom is 0.328 e. The number of rotatable bonds is 12. The van der Waals surface area contributed by atoms with Gasteiger partial charge in [0.2, 0.25) is 5.91 Å². The number of methoxy groups -OCH3 is 1. The van der Waals surface area contributed by atoms with Crippen molar-refractivity contribution < 1.29 is 29.0 Å². The summed E-state index contributed by atoms with van der Waals surface area (Å²) < 4.78 is 5.17. The van der Waals surface area contributed by atoms with Crippen molar-refractivity contribution in [2.24, 2.45) is 5.73 Å². The van der Waals surface area contributed by atoms with Crippen molar-refractivity contribution in [1.29, 1.82) is 0 Å². The summed E-state index contributed by atoms with van der Waals surface area (Å²) in [4.78, 5) is 48.4. The van der Waals surface area contributed by atoms with Crippen LogP contribution in [0.5, 0.6) is 5.75 Å². The van der Waals surface area contributed by atoms with Crippen molar-refractivity contribution in [2.45, 2.75) is 32.4 Å². The molecule has 0 bridgehead atoms. The van der Waals surface area contributed by atoms with Crippen molar-refractivity contribution in [2.75, 3.05) is 20.2 Å². The molecule has 1 unspecified atom stereocenters. The number of aliphatic carboxylic acids is 1. The van der Waals surface area contributed by atoms with Gasteiger partial charge in [0.05, 0.1) is 7.11 Å². The number of hydrogen-bond donors (Lipinski definition) is 5. The van der Waals surface area contributed by atoms with Crippen LogP contribution in [0.3, 0.4) is 0 Å². The number of hydrogen-bond acceptors (Lipinski definition) is 6. The third-order valence-electron chi connectivity index (χ3n) is 5.04. The first-order chi connectivity index (χ1) is 16.2. The summed E-state index contributed by atoms with van der Waals surface area (Å²) in [6.07, 6.45) is 0.659. The second-order valence-electron chi connectivity index (χ2n) is 7.62. The Morgan fingerprint density at radius 2 is 1.82 bits per heavy atom. The van der Waals surface area contributed by atoms with Crippen LogP contribution >= 0.6 is 0 Å². The molecule has 2 aromatic rings. The van der Waals surface area contributed by atoms with Gasteiger partial charge in [0.15, 0.2) is 0 Å². The molecule has 6 N–H and O–H groups in total. The van der Waals surface area contributed by atoms with Crippen LogP contribution in [-0.2, 0) is 16.1 Å². The summed E-state index contributed by atoms with van der Waals surface area (Å²) >= 11 is 0. The molecule has 0 fully saturated rings. The monoisotopic (exact) mass is 470 g/mol. The zero-order valence-corrected chi connectivity index (χ0v) is 19.2. The summed E-state index contributed by atoms with van der Waals surface area (Å²) in [5, 5.41) is 17.1. The molecule has 182 valence electrons. The van der Waals surface area contributed by atoms with Crippen LogP contribution in [0.25, 0.3) is 0 Å². The van der Waals surface area contributed by atoms with Gasteiger partial charge in [-0.2, -0.15) is 0 Å². The quantitative estimate of drug-likeness (QED) is 0.309. The maximum atomic E-state index is 12.6. The molecule has 34 heavy (non-hydrogen) atoms. The second-order valence-corrected chi connectivity index (χ2v) is 7.62. The minimum Gasteiger partial charge on any atom is -0.497 e. The van der Waals surface area contributed by atoms with Gasteiger partial charge in [-0.05, 0) is 61.3 Å². The summed E-state index contributed by atoms with van der Waals surface area (Å²) in [6.45, 7) is 2.04. The molecule has 0 saturated carbocycles. The Balaban J connectivity index is 1.98. The van der Waals surface area contributed by atoms with Gasteiger partial charge >= 0.3 is 5.97 Å². The number of carbonyl (C=O) groups is 4. The van der Waals surface area contributed by atoms with E-state index in [1.165, 1.54) is 12.1 Å². The normalized spacial score (nSPS) is 11.3. The molecule has 0 spiro atoms. The van der Waals surface area contributed by atoms with Crippen molar-refractivity contribution in [1.82, 2.24) is 16.0 Å². The van der Waals surface area contributed by atoms with E-state index in [-0.39, 0.29) is 30.3 Å². The fraction of sp³-hybridized carbons (Fsp3) is 0.333. The van der Waals surface area contributed by atoms with Crippen LogP contribution in [-0.4, -0.2) is 55.0 Å². The lowest BCUT2D eigenvalue weighted by molar-refractivity contribution is -0.139. The predicted molar refractivity (Wildman–Crippen MR) is 126 cm³/mol. The minimum atomic E-state index is -1.31. The van der Waals surface area contributed by atoms with Crippen molar-refractivity contribution in [3.63, 3.8) is 0 Å². The van der Waals surface area contributed by atoms with E-state index in [1.807, 2.05) is 24.3 Å². The topological polar surface area (TPSA) is 160 Å². The number of nitrogens with one attached hydrogen (secondary N) is 3. The molecule has 10 nitrogen and oxygen atoms in total. The van der Waals surface area contributed by atoms with Gasteiger partial charge in [-0.1, -0.05) is 12.1 Å². The highest BCUT2D eigenvalue weighted by atomic mass is 16.5. The number of carboxylic acid groups (broad SMARTS) is 1. The Hall–Kier alpha value is -3.92. The van der Waals surface area contributed by atoms with Gasteiger partial charge in [0, 0.05) is 30.6 Å². The highest BCUT2D eigenvalue weighted by Crippen LogP contribution is 2.14. The molecule has 2 rings (SSSR count). The van der Waals surface area contributed by atoms with E-state index < -0.39 is 17.9 Å². The van der Waals surface area contributed by atoms with E-state index in [2.05, 4.69) is 16.0 Å². The first-order valence-electron chi connectivity index (χ1n) is 10.8. The number of carbonyl (C=O) groups excluding carboxylic acids is 3. The molecule has 0 radical (unpaired) electrons. The largest absolute Gasteiger partial charge is 0.497 e. The predicted octanol–water partition coefficient (Wildman–Crippen LogP) is 0.972. The lowest BCUT2D eigenvalue weighted by atomic mass is 10.0. The molecule has 0 aliphatic heterocycles.